The van der Waals surface area contributed by atoms with Crippen LogP contribution in [0.2, 0.25) is 0 Å². The van der Waals surface area contributed by atoms with Crippen LogP contribution in [0.25, 0.3) is 0 Å². The highest BCUT2D eigenvalue weighted by atomic mass is 16.7. The number of cyclic esters (lactones) is 2. The van der Waals surface area contributed by atoms with Crippen molar-refractivity contribution in [2.24, 2.45) is 35.5 Å². The molecule has 5 rings (SSSR count). The van der Waals surface area contributed by atoms with Crippen LogP contribution in [-0.2, 0) is 47.5 Å². The molecule has 25 atom stereocenters. The van der Waals surface area contributed by atoms with Gasteiger partial charge < -0.3 is 83.9 Å². The Bertz CT molecular complexity index is 2150. The van der Waals surface area contributed by atoms with Gasteiger partial charge in [0, 0.05) is 79.8 Å². The summed E-state index contributed by atoms with van der Waals surface area (Å²) in [4.78, 5) is 27.8. The molecule has 81 heavy (non-hydrogen) atoms. The molecule has 0 aromatic rings. The van der Waals surface area contributed by atoms with Crippen LogP contribution in [-0.4, -0.2) is 174 Å². The maximum atomic E-state index is 13.9. The lowest BCUT2D eigenvalue weighted by Gasteiger charge is -2.48. The number of aliphatic hydroxyl groups excluding tert-OH is 7. The number of carbonyl (C=O) groups excluding carboxylic acids is 2. The lowest BCUT2D eigenvalue weighted by Crippen LogP contribution is -2.60. The predicted octanol–water partition coefficient (Wildman–Crippen LogP) is 6.05. The van der Waals surface area contributed by atoms with Crippen molar-refractivity contribution in [3.63, 3.8) is 0 Å². The predicted molar refractivity (Wildman–Crippen MR) is 301 cm³/mol. The van der Waals surface area contributed by atoms with Crippen LogP contribution in [0.3, 0.4) is 0 Å². The van der Waals surface area contributed by atoms with E-state index < -0.39 is 151 Å². The Hall–Kier alpha value is -3.22. The minimum absolute atomic E-state index is 0.00838. The molecule has 0 radical (unpaired) electrons. The van der Waals surface area contributed by atoms with Gasteiger partial charge in [0.2, 0.25) is 0 Å². The zero-order chi connectivity index (χ0) is 60.1. The molecule has 0 aromatic carbocycles. The Morgan fingerprint density at radius 2 is 1.00 bits per heavy atom. The molecule has 5 aliphatic rings. The normalized spacial score (nSPS) is 41.3. The van der Waals surface area contributed by atoms with E-state index in [9.17, 15) is 55.5 Å². The molecule has 0 bridgehead atoms. The number of carbonyl (C=O) groups is 2. The van der Waals surface area contributed by atoms with E-state index in [0.717, 1.165) is 11.1 Å². The fourth-order valence-electron chi connectivity index (χ4n) is 12.4. The molecule has 0 saturated carbocycles. The van der Waals surface area contributed by atoms with Crippen LogP contribution >= 0.6 is 0 Å². The van der Waals surface area contributed by atoms with Crippen LogP contribution in [0.15, 0.2) is 71.9 Å². The summed E-state index contributed by atoms with van der Waals surface area (Å²) in [5, 5.41) is 101. The van der Waals surface area contributed by atoms with E-state index >= 15 is 0 Å². The summed E-state index contributed by atoms with van der Waals surface area (Å²) in [6.07, 6.45) is 2.96. The third-order valence-corrected chi connectivity index (χ3v) is 17.7. The molecule has 5 heterocycles. The number of aliphatic hydroxyl groups is 9. The van der Waals surface area contributed by atoms with Gasteiger partial charge in [0.15, 0.2) is 24.2 Å². The highest BCUT2D eigenvalue weighted by Crippen LogP contribution is 2.43. The van der Waals surface area contributed by atoms with Gasteiger partial charge in [-0.25, -0.2) is 9.59 Å². The Morgan fingerprint density at radius 1 is 0.568 bits per heavy atom. The van der Waals surface area contributed by atoms with Crippen LogP contribution in [0.5, 0.6) is 0 Å². The molecular formula is C62H100O19. The van der Waals surface area contributed by atoms with Gasteiger partial charge in [-0.3, -0.25) is 0 Å². The maximum Gasteiger partial charge on any atom is 0.331 e. The standard InChI is InChI=1S/C62H100O19/c1-13-40-21-19-23-42(15-3)58(34(7)47(64)30-61(72)32-49(44(17-5)36(9)80-61)76-53-29-46(63)54(68)38(11)74-53)78-51(66)27-25-41(14-2)22-20-24-43(16-4)59(79-52(67)28-26-40)35(8)48(65)31-62(73)33-50(45(18-6)37(10)81-62)77-60-57(71)56(70)55(69)39(12)75-60/h19-28,34-39,42-50,53-60,63-65,68-73H,13-18,29-33H2,1-12H3/t34-,35-,36-,37-,38-,39+,42-,43-,44-,45-,46-,47-,48-,49-,50-,53+,54-,55+,56-,57+,58-,59-,60-,61+,62+/m1/s1. The van der Waals surface area contributed by atoms with E-state index in [4.69, 9.17) is 37.9 Å². The third-order valence-electron chi connectivity index (χ3n) is 17.7. The Balaban J connectivity index is 1.38. The van der Waals surface area contributed by atoms with Crippen molar-refractivity contribution >= 4 is 11.9 Å². The van der Waals surface area contributed by atoms with E-state index in [1.807, 2.05) is 84.9 Å². The first-order valence-corrected chi connectivity index (χ1v) is 30.0. The fourth-order valence-corrected chi connectivity index (χ4v) is 12.4. The average molecular weight is 1150 g/mol. The molecule has 0 aromatic heterocycles. The summed E-state index contributed by atoms with van der Waals surface area (Å²) in [6.45, 7) is 22.0. The zero-order valence-corrected chi connectivity index (χ0v) is 49.9. The Kier molecular flexibility index (Phi) is 26.5. The summed E-state index contributed by atoms with van der Waals surface area (Å²) in [5.74, 6) is -7.80. The van der Waals surface area contributed by atoms with E-state index in [1.54, 1.807) is 46.8 Å². The van der Waals surface area contributed by atoms with Crippen molar-refractivity contribution in [1.29, 1.82) is 0 Å². The molecule has 0 aliphatic carbocycles. The molecule has 0 spiro atoms. The van der Waals surface area contributed by atoms with Gasteiger partial charge in [0.25, 0.3) is 0 Å². The summed E-state index contributed by atoms with van der Waals surface area (Å²) < 4.78 is 49.3. The van der Waals surface area contributed by atoms with Crippen LogP contribution in [0, 0.1) is 35.5 Å². The van der Waals surface area contributed by atoms with Gasteiger partial charge in [0.1, 0.15) is 36.6 Å². The number of esters is 2. The second-order valence-corrected chi connectivity index (χ2v) is 23.5. The average Bonchev–Trinajstić information content (AvgIpc) is 3.44. The largest absolute Gasteiger partial charge is 0.458 e. The second-order valence-electron chi connectivity index (χ2n) is 23.5. The van der Waals surface area contributed by atoms with E-state index in [1.165, 1.54) is 12.2 Å². The number of hydrogen-bond acceptors (Lipinski definition) is 19. The van der Waals surface area contributed by atoms with Crippen molar-refractivity contribution < 1.29 is 93.4 Å². The molecule has 5 aliphatic heterocycles. The Morgan fingerprint density at radius 3 is 1.41 bits per heavy atom. The monoisotopic (exact) mass is 1150 g/mol. The van der Waals surface area contributed by atoms with Crippen LogP contribution in [0.4, 0.5) is 0 Å². The van der Waals surface area contributed by atoms with Crippen molar-refractivity contribution in [3.8, 4) is 0 Å². The summed E-state index contributed by atoms with van der Waals surface area (Å²) in [7, 11) is 0. The molecule has 0 unspecified atom stereocenters. The zero-order valence-electron chi connectivity index (χ0n) is 49.9. The first-order valence-electron chi connectivity index (χ1n) is 30.0. The molecular weight excluding hydrogens is 1050 g/mol. The minimum atomic E-state index is -1.93. The van der Waals surface area contributed by atoms with Crippen molar-refractivity contribution in [1.82, 2.24) is 0 Å². The summed E-state index contributed by atoms with van der Waals surface area (Å²) in [5.41, 5.74) is 1.52. The van der Waals surface area contributed by atoms with Gasteiger partial charge >= 0.3 is 11.9 Å². The van der Waals surface area contributed by atoms with Gasteiger partial charge in [0.05, 0.1) is 54.9 Å². The SMILES string of the molecule is CCC1=CC=C[C@@H](CC)[C@@H]([C@H](C)[C@H](O)C[C@@]2(O)C[C@@H](O[C@H]3O[C@@H](C)[C@H](O)[C@@H](O)[C@@H]3O)[C@H](CC)[C@@H](C)O2)OC(=O)C=CC(CC)=CC=C[C@@H](CC)[C@@H]([C@H](C)[C@H](O)C[C@@]2(O)C[C@@H](O[C@H]3C[C@@H](O)[C@H](O)[C@@H](C)O3)[C@H](CC)[C@@H](C)O2)OC(=O)C=C1. The highest BCUT2D eigenvalue weighted by molar-refractivity contribution is 5.83. The lowest BCUT2D eigenvalue weighted by molar-refractivity contribution is -0.346. The Labute approximate surface area is 480 Å². The molecule has 0 amide bonds. The molecule has 4 fully saturated rings. The molecule has 19 nitrogen and oxygen atoms in total. The van der Waals surface area contributed by atoms with Crippen LogP contribution in [0.1, 0.15) is 154 Å². The van der Waals surface area contributed by atoms with Gasteiger partial charge in [-0.05, 0) is 77.4 Å². The summed E-state index contributed by atoms with van der Waals surface area (Å²) >= 11 is 0. The number of ether oxygens (including phenoxy) is 8. The molecule has 19 heteroatoms. The van der Waals surface area contributed by atoms with Gasteiger partial charge in [-0.2, -0.15) is 0 Å². The fraction of sp³-hybridized carbons (Fsp3) is 0.774. The smallest absolute Gasteiger partial charge is 0.331 e. The first kappa shape index (κ1) is 68.6. The molecule has 462 valence electrons. The minimum Gasteiger partial charge on any atom is -0.458 e. The number of hydrogen-bond donors (Lipinski definition) is 9. The highest BCUT2D eigenvalue weighted by Gasteiger charge is 2.52. The first-order chi connectivity index (χ1) is 38.2. The molecule has 9 N–H and O–H groups in total. The number of allylic oxidation sites excluding steroid dienone is 8. The third kappa shape index (κ3) is 18.4. The maximum absolute atomic E-state index is 13.9. The van der Waals surface area contributed by atoms with Crippen LogP contribution < -0.4 is 0 Å². The molecule has 4 saturated heterocycles. The lowest BCUT2D eigenvalue weighted by atomic mass is 9.80. The number of rotatable bonds is 18. The van der Waals surface area contributed by atoms with Crippen molar-refractivity contribution in [3.05, 3.63) is 71.9 Å². The van der Waals surface area contributed by atoms with Gasteiger partial charge in [-0.15, -0.1) is 0 Å². The van der Waals surface area contributed by atoms with Gasteiger partial charge in [-0.1, -0.05) is 104 Å². The quantitative estimate of drug-likeness (QED) is 0.0706. The summed E-state index contributed by atoms with van der Waals surface area (Å²) in [6, 6.07) is 0. The van der Waals surface area contributed by atoms with E-state index in [0.29, 0.717) is 38.5 Å². The topological polar surface area (TPSA) is 290 Å². The second kappa shape index (κ2) is 31.3. The van der Waals surface area contributed by atoms with E-state index in [-0.39, 0.29) is 43.9 Å². The van der Waals surface area contributed by atoms with E-state index in [2.05, 4.69) is 0 Å². The van der Waals surface area contributed by atoms with Crippen molar-refractivity contribution in [2.75, 3.05) is 0 Å². The van der Waals surface area contributed by atoms with Crippen molar-refractivity contribution in [2.45, 2.75) is 269 Å².